The second-order valence-corrected chi connectivity index (χ2v) is 11.9. The number of hydrogen-bond donors (Lipinski definition) is 0. The van der Waals surface area contributed by atoms with Crippen LogP contribution in [-0.4, -0.2) is 59.6 Å². The molecule has 1 aliphatic heterocycles. The van der Waals surface area contributed by atoms with Gasteiger partial charge in [0.15, 0.2) is 0 Å². The molecule has 0 saturated carbocycles. The van der Waals surface area contributed by atoms with E-state index in [9.17, 15) is 14.4 Å². The lowest BCUT2D eigenvalue weighted by atomic mass is 9.90. The molecule has 0 saturated heterocycles. The number of aromatic nitrogens is 2. The van der Waals surface area contributed by atoms with Crippen molar-refractivity contribution in [2.75, 3.05) is 43.1 Å². The Morgan fingerprint density at radius 2 is 1.63 bits per heavy atom. The van der Waals surface area contributed by atoms with Crippen molar-refractivity contribution >= 4 is 58.8 Å². The summed E-state index contributed by atoms with van der Waals surface area (Å²) in [6.07, 6.45) is 6.22. The van der Waals surface area contributed by atoms with Crippen LogP contribution in [0.25, 0.3) is 10.8 Å². The topological polar surface area (TPSA) is 88.0 Å². The Morgan fingerprint density at radius 1 is 0.891 bits per heavy atom. The van der Waals surface area contributed by atoms with Crippen LogP contribution in [0.2, 0.25) is 0 Å². The molecule has 0 radical (unpaired) electrons. The fraction of sp³-hybridized carbons (Fsp3) is 0.371. The lowest BCUT2D eigenvalue weighted by Crippen LogP contribution is -2.47. The third kappa shape index (κ3) is 7.71. The Kier molecular flexibility index (Phi) is 12.4. The van der Waals surface area contributed by atoms with Crippen molar-refractivity contribution in [2.45, 2.75) is 47.2 Å². The van der Waals surface area contributed by atoms with Crippen LogP contribution < -0.4 is 20.1 Å². The molecule has 46 heavy (non-hydrogen) atoms. The number of nitrogens with zero attached hydrogens (tertiary/aromatic N) is 5. The molecule has 246 valence electrons. The largest absolute Gasteiger partial charge is 0.493 e. The zero-order chi connectivity index (χ0) is 31.4. The summed E-state index contributed by atoms with van der Waals surface area (Å²) in [4.78, 5) is 49.2. The predicted molar refractivity (Wildman–Crippen MR) is 189 cm³/mol. The maximum absolute atomic E-state index is 13.2. The molecule has 0 bridgehead atoms. The summed E-state index contributed by atoms with van der Waals surface area (Å²) in [5.74, 6) is 0.189. The highest BCUT2D eigenvalue weighted by Crippen LogP contribution is 2.40. The van der Waals surface area contributed by atoms with Gasteiger partial charge in [0.1, 0.15) is 11.2 Å². The van der Waals surface area contributed by atoms with Gasteiger partial charge in [-0.05, 0) is 81.5 Å². The maximum Gasteiger partial charge on any atom is 0.258 e. The number of benzene rings is 2. The fourth-order valence-electron chi connectivity index (χ4n) is 5.78. The molecule has 0 aliphatic carbocycles. The number of anilines is 2. The molecule has 11 heteroatoms. The predicted octanol–water partition coefficient (Wildman–Crippen LogP) is 5.88. The quantitative estimate of drug-likeness (QED) is 0.147. The van der Waals surface area contributed by atoms with Crippen LogP contribution >= 0.6 is 24.8 Å². The van der Waals surface area contributed by atoms with Gasteiger partial charge in [0.2, 0.25) is 11.8 Å². The Labute approximate surface area is 283 Å². The Bertz CT molecular complexity index is 1730. The number of ether oxygens (including phenoxy) is 1. The summed E-state index contributed by atoms with van der Waals surface area (Å²) >= 11 is 0. The van der Waals surface area contributed by atoms with Gasteiger partial charge in [-0.3, -0.25) is 24.3 Å². The molecule has 0 fully saturated rings. The van der Waals surface area contributed by atoms with Gasteiger partial charge in [-0.1, -0.05) is 17.7 Å². The van der Waals surface area contributed by atoms with Gasteiger partial charge in [0, 0.05) is 69.8 Å². The number of carbonyl (C=O) groups excluding carboxylic acids is 2. The molecule has 3 heterocycles. The molecule has 0 unspecified atom stereocenters. The smallest absolute Gasteiger partial charge is 0.258 e. The van der Waals surface area contributed by atoms with E-state index in [0.29, 0.717) is 43.4 Å². The number of fused-ring (bicyclic) bond motifs is 2. The van der Waals surface area contributed by atoms with Gasteiger partial charge in [-0.15, -0.1) is 24.8 Å². The second kappa shape index (κ2) is 15.6. The molecule has 1 aliphatic rings. The van der Waals surface area contributed by atoms with E-state index in [0.717, 1.165) is 41.4 Å². The third-order valence-electron chi connectivity index (χ3n) is 8.37. The molecule has 4 aromatic rings. The molecule has 0 spiro atoms. The van der Waals surface area contributed by atoms with Crippen LogP contribution in [0.3, 0.4) is 0 Å². The molecule has 2 aromatic carbocycles. The summed E-state index contributed by atoms with van der Waals surface area (Å²) in [6, 6.07) is 17.5. The van der Waals surface area contributed by atoms with Crippen LogP contribution in [0, 0.1) is 12.3 Å². The lowest BCUT2D eigenvalue weighted by Gasteiger charge is -2.27. The SMILES string of the molecule is CCN1C(=O)C(C)(C)C(=O)N(C)c2cc(OCCCN(CCn3ccc4ccc(C)cc4c3=O)Cc3ccncc3)ccc21.Cl.Cl. The van der Waals surface area contributed by atoms with E-state index in [2.05, 4.69) is 9.88 Å². The first-order valence-corrected chi connectivity index (χ1v) is 15.2. The van der Waals surface area contributed by atoms with E-state index in [1.807, 2.05) is 74.6 Å². The summed E-state index contributed by atoms with van der Waals surface area (Å²) < 4.78 is 7.94. The summed E-state index contributed by atoms with van der Waals surface area (Å²) in [5.41, 5.74) is 2.45. The molecular weight excluding hydrogens is 625 g/mol. The molecular formula is C35H43Cl2N5O4. The van der Waals surface area contributed by atoms with Crippen molar-refractivity contribution in [3.8, 4) is 5.75 Å². The second-order valence-electron chi connectivity index (χ2n) is 11.9. The molecule has 2 aromatic heterocycles. The van der Waals surface area contributed by atoms with Crippen LogP contribution in [0.1, 0.15) is 38.3 Å². The van der Waals surface area contributed by atoms with E-state index in [1.165, 1.54) is 0 Å². The molecule has 9 nitrogen and oxygen atoms in total. The van der Waals surface area contributed by atoms with E-state index in [4.69, 9.17) is 4.74 Å². The van der Waals surface area contributed by atoms with Crippen molar-refractivity contribution in [2.24, 2.45) is 5.41 Å². The third-order valence-corrected chi connectivity index (χ3v) is 8.37. The van der Waals surface area contributed by atoms with Gasteiger partial charge in [0.05, 0.1) is 18.0 Å². The zero-order valence-corrected chi connectivity index (χ0v) is 28.7. The minimum absolute atomic E-state index is 0. The first-order chi connectivity index (χ1) is 21.1. The fourth-order valence-corrected chi connectivity index (χ4v) is 5.78. The van der Waals surface area contributed by atoms with Gasteiger partial charge in [-0.25, -0.2) is 0 Å². The number of carbonyl (C=O) groups is 2. The van der Waals surface area contributed by atoms with Crippen molar-refractivity contribution in [3.63, 3.8) is 0 Å². The molecule has 5 rings (SSSR count). The number of aryl methyl sites for hydroxylation is 1. The van der Waals surface area contributed by atoms with Crippen LogP contribution in [0.5, 0.6) is 5.75 Å². The highest BCUT2D eigenvalue weighted by Gasteiger charge is 2.45. The van der Waals surface area contributed by atoms with Crippen molar-refractivity contribution in [1.29, 1.82) is 0 Å². The first kappa shape index (κ1) is 36.5. The van der Waals surface area contributed by atoms with Gasteiger partial charge in [-0.2, -0.15) is 0 Å². The molecule has 2 amide bonds. The van der Waals surface area contributed by atoms with E-state index < -0.39 is 5.41 Å². The zero-order valence-electron chi connectivity index (χ0n) is 27.1. The Morgan fingerprint density at radius 3 is 2.35 bits per heavy atom. The monoisotopic (exact) mass is 667 g/mol. The van der Waals surface area contributed by atoms with Crippen LogP contribution in [0.4, 0.5) is 11.4 Å². The van der Waals surface area contributed by atoms with Gasteiger partial charge < -0.3 is 19.1 Å². The normalized spacial score (nSPS) is 14.0. The molecule has 0 N–H and O–H groups in total. The van der Waals surface area contributed by atoms with E-state index >= 15 is 0 Å². The standard InChI is InChI=1S/C35H41N5O4.2ClH/c1-6-40-30-11-10-28(23-31(30)37(5)33(42)35(3,4)34(40)43)44-21-7-17-38(24-26-12-15-36-16-13-26)19-20-39-18-14-27-9-8-25(2)22-29(27)32(39)41;;/h8-16,18,22-23H,6-7,17,19-21,24H2,1-5H3;2*1H. The van der Waals surface area contributed by atoms with E-state index in [1.54, 1.807) is 47.7 Å². The highest BCUT2D eigenvalue weighted by atomic mass is 35.5. The van der Waals surface area contributed by atoms with Crippen LogP contribution in [-0.2, 0) is 22.7 Å². The Balaban J connectivity index is 0.00000288. The van der Waals surface area contributed by atoms with E-state index in [-0.39, 0.29) is 42.2 Å². The van der Waals surface area contributed by atoms with Gasteiger partial charge in [0.25, 0.3) is 5.56 Å². The average molecular weight is 669 g/mol. The van der Waals surface area contributed by atoms with Crippen molar-refractivity contribution in [1.82, 2.24) is 14.5 Å². The number of rotatable bonds is 11. The highest BCUT2D eigenvalue weighted by molar-refractivity contribution is 6.20. The Hall–Kier alpha value is -3.92. The lowest BCUT2D eigenvalue weighted by molar-refractivity contribution is -0.137. The number of amides is 2. The van der Waals surface area contributed by atoms with Crippen molar-refractivity contribution in [3.05, 3.63) is 94.7 Å². The average Bonchev–Trinajstić information content (AvgIpc) is 3.07. The number of hydrogen-bond acceptors (Lipinski definition) is 6. The number of halogens is 2. The first-order valence-electron chi connectivity index (χ1n) is 15.2. The molecule has 0 atom stereocenters. The minimum atomic E-state index is -1.15. The summed E-state index contributed by atoms with van der Waals surface area (Å²) in [7, 11) is 1.71. The minimum Gasteiger partial charge on any atom is -0.493 e. The van der Waals surface area contributed by atoms with Gasteiger partial charge >= 0.3 is 0 Å². The summed E-state index contributed by atoms with van der Waals surface area (Å²) in [5, 5.41) is 1.69. The number of pyridine rings is 2. The van der Waals surface area contributed by atoms with Crippen molar-refractivity contribution < 1.29 is 14.3 Å². The summed E-state index contributed by atoms with van der Waals surface area (Å²) in [6.45, 7) is 11.0. The van der Waals surface area contributed by atoms with Crippen LogP contribution in [0.15, 0.2) is 78.0 Å². The maximum atomic E-state index is 13.2.